The van der Waals surface area contributed by atoms with Gasteiger partial charge in [0.25, 0.3) is 0 Å². The number of fused-ring (bicyclic) bond motifs is 20. The van der Waals surface area contributed by atoms with E-state index in [2.05, 4.69) is 337 Å². The first kappa shape index (κ1) is 81.0. The highest BCUT2D eigenvalue weighted by Crippen LogP contribution is 2.62. The van der Waals surface area contributed by atoms with E-state index in [1.165, 1.54) is 311 Å². The Labute approximate surface area is 748 Å². The summed E-state index contributed by atoms with van der Waals surface area (Å²) in [7, 11) is 8.54. The largest absolute Gasteiger partial charge is 0.260 e. The molecule has 626 valence electrons. The van der Waals surface area contributed by atoms with Gasteiger partial charge >= 0.3 is 0 Å². The van der Waals surface area contributed by atoms with Gasteiger partial charge in [-0.05, 0) is 265 Å². The molecule has 0 bridgehead atoms. The fourth-order valence-corrected chi connectivity index (χ4v) is 23.7. The lowest BCUT2D eigenvalue weighted by Gasteiger charge is -2.25. The van der Waals surface area contributed by atoms with Crippen molar-refractivity contribution in [1.29, 1.82) is 0 Å². The van der Waals surface area contributed by atoms with Gasteiger partial charge in [-0.3, -0.25) is 19.9 Å². The summed E-state index contributed by atoms with van der Waals surface area (Å²) in [6.45, 7) is 13.3. The fraction of sp³-hybridized carbons (Fsp3) is 0.254. The van der Waals surface area contributed by atoms with E-state index in [1.54, 1.807) is 0 Å². The molecule has 16 aromatic rings. The Morgan fingerprint density at radius 2 is 0.512 bits per heavy atom. The molecular weight excluding hydrogens is 1550 g/mol. The molecule has 4 spiro atoms. The van der Waals surface area contributed by atoms with E-state index in [9.17, 15) is 4.39 Å². The number of hydrogen-bond donors (Lipinski definition) is 0. The summed E-state index contributed by atoms with van der Waals surface area (Å²) in [6, 6.07) is 89.7. The molecule has 8 aromatic heterocycles. The van der Waals surface area contributed by atoms with Crippen LogP contribution < -0.4 is 18.3 Å². The van der Waals surface area contributed by atoms with E-state index in [1.807, 2.05) is 36.9 Å². The van der Waals surface area contributed by atoms with Gasteiger partial charge in [-0.15, -0.1) is 0 Å². The lowest BCUT2D eigenvalue weighted by Crippen LogP contribution is -2.31. The normalized spacial score (nSPS) is 15.7. The fourth-order valence-electron chi connectivity index (χ4n) is 23.7. The molecule has 0 radical (unpaired) electrons. The lowest BCUT2D eigenvalue weighted by molar-refractivity contribution is -0.660. The number of aryl methyl sites for hydroxylation is 10. The maximum Gasteiger partial charge on any atom is 0.213 e. The second kappa shape index (κ2) is 32.4. The van der Waals surface area contributed by atoms with Gasteiger partial charge in [-0.2, -0.15) is 0 Å². The maximum atomic E-state index is 13.4. The van der Waals surface area contributed by atoms with Crippen LogP contribution in [0.5, 0.6) is 0 Å². The molecule has 4 fully saturated rings. The predicted molar refractivity (Wildman–Crippen MR) is 512 cm³/mol. The van der Waals surface area contributed by atoms with Crippen molar-refractivity contribution in [2.24, 2.45) is 28.2 Å². The van der Waals surface area contributed by atoms with Crippen LogP contribution in [0, 0.1) is 47.4 Å². The summed E-state index contributed by atoms with van der Waals surface area (Å²) in [4.78, 5) is 19.6. The van der Waals surface area contributed by atoms with Crippen LogP contribution >= 0.6 is 0 Å². The van der Waals surface area contributed by atoms with Crippen LogP contribution in [0.1, 0.15) is 181 Å². The van der Waals surface area contributed by atoms with E-state index in [0.717, 1.165) is 16.8 Å². The molecule has 0 N–H and O–H groups in total. The predicted octanol–water partition coefficient (Wildman–Crippen LogP) is 26.3. The van der Waals surface area contributed by atoms with Crippen LogP contribution in [-0.4, -0.2) is 19.9 Å². The number of benzene rings is 8. The number of halogens is 1. The number of pyridine rings is 8. The summed E-state index contributed by atoms with van der Waals surface area (Å²) in [6.07, 6.45) is 36.6. The standard InChI is InChI=1S/2C30H29N2.C29H26FN2.C29H27N2/c2*1-20-8-10-22(11-9-20)23-12-16-32(3)28(18-23)25-19-26-24-7-6-15-31-29(24)30(13-4-5-14-30)27(26)17-21(25)2;1-19-16-26-25(23-6-5-14-31-28(23)29(26)12-3-4-13-29)18-24(19)27-17-21(11-15-32(27)2)20-7-9-22(30)10-8-20;1-20-17-26-25(23-11-8-16-30-28(23)29(26)14-6-7-15-29)18-24(20)27-13-12-22(19-31(27)2)21-9-4-3-5-10-21/h2*6-12,15-19H,4-5,13-14H2,1-3H3;5-11,14-18H,3-4,12-13H2,1-2H3;3-5,8-13,16-19H,6-7,14-15H2,1-2H3/q4*+1. The van der Waals surface area contributed by atoms with Crippen molar-refractivity contribution in [1.82, 2.24) is 19.9 Å². The Bertz CT molecular complexity index is 6510. The SMILES string of the molecule is Cc1cc2c(cc1-c1cc(-c3ccc(F)cc3)cc[n+]1C)-c1cccnc1C21CCCC1.Cc1cc2c(cc1-c1ccc(-c3ccccc3)c[n+]1C)-c1cccnc1C21CCCC1.Cc1ccc(-c2cc[n+](C)c(-c3cc4c(cc3C)C3(CCCC3)c3ncccc3-4)c2)cc1.Cc1ccc(-c2cc[n+](C)c(-c3cc4c(cc3C)C3(CCCC3)c3ncccc3-4)c2)cc1. The van der Waals surface area contributed by atoms with E-state index >= 15 is 0 Å². The van der Waals surface area contributed by atoms with Crippen LogP contribution in [-0.2, 0) is 49.9 Å². The summed E-state index contributed by atoms with van der Waals surface area (Å²) in [5.41, 5.74) is 50.1. The Hall–Kier alpha value is -13.1. The minimum Gasteiger partial charge on any atom is -0.260 e. The van der Waals surface area contributed by atoms with E-state index in [0.29, 0.717) is 0 Å². The molecule has 0 unspecified atom stereocenters. The summed E-state index contributed by atoms with van der Waals surface area (Å²) >= 11 is 0. The third-order valence-electron chi connectivity index (χ3n) is 30.3. The smallest absolute Gasteiger partial charge is 0.213 e. The second-order valence-corrected chi connectivity index (χ2v) is 37.9. The summed E-state index contributed by atoms with van der Waals surface area (Å²) < 4.78 is 22.4. The number of nitrogens with zero attached hydrogens (tertiary/aromatic N) is 8. The molecule has 24 rings (SSSR count). The molecule has 0 atom stereocenters. The summed E-state index contributed by atoms with van der Waals surface area (Å²) in [5, 5.41) is 0. The molecule has 8 aromatic carbocycles. The van der Waals surface area contributed by atoms with Gasteiger partial charge < -0.3 is 0 Å². The zero-order valence-electron chi connectivity index (χ0n) is 75.1. The number of hydrogen-bond acceptors (Lipinski definition) is 4. The van der Waals surface area contributed by atoms with Crippen molar-refractivity contribution in [2.45, 2.75) is 166 Å². The van der Waals surface area contributed by atoms with Crippen molar-refractivity contribution in [3.63, 3.8) is 0 Å². The van der Waals surface area contributed by atoms with Gasteiger partial charge in [0.2, 0.25) is 22.8 Å². The molecule has 8 nitrogen and oxygen atoms in total. The highest BCUT2D eigenvalue weighted by molar-refractivity contribution is 5.90. The maximum absolute atomic E-state index is 13.4. The Morgan fingerprint density at radius 1 is 0.236 bits per heavy atom. The Morgan fingerprint density at radius 3 is 0.811 bits per heavy atom. The van der Waals surface area contributed by atoms with Crippen molar-refractivity contribution < 1.29 is 22.7 Å². The second-order valence-electron chi connectivity index (χ2n) is 37.9. The lowest BCUT2D eigenvalue weighted by atomic mass is 9.78. The van der Waals surface area contributed by atoms with Gasteiger partial charge in [0.15, 0.2) is 24.8 Å². The molecule has 8 heterocycles. The zero-order chi connectivity index (χ0) is 86.6. The third kappa shape index (κ3) is 13.8. The quantitative estimate of drug-likeness (QED) is 0.142. The average Bonchev–Trinajstić information content (AvgIpc) is 1.57. The first-order chi connectivity index (χ1) is 61.9. The molecule has 0 aliphatic heterocycles. The Balaban J connectivity index is 0.000000103. The van der Waals surface area contributed by atoms with Crippen LogP contribution in [0.25, 0.3) is 134 Å². The van der Waals surface area contributed by atoms with Crippen molar-refractivity contribution in [2.75, 3.05) is 0 Å². The van der Waals surface area contributed by atoms with Gasteiger partial charge in [0.1, 0.15) is 34.0 Å². The molecule has 0 saturated heterocycles. The van der Waals surface area contributed by atoms with Crippen molar-refractivity contribution in [3.8, 4) is 134 Å². The van der Waals surface area contributed by atoms with Gasteiger partial charge in [0.05, 0.1) is 22.8 Å². The van der Waals surface area contributed by atoms with Crippen LogP contribution in [0.2, 0.25) is 0 Å². The zero-order valence-corrected chi connectivity index (χ0v) is 75.1. The van der Waals surface area contributed by atoms with Crippen LogP contribution in [0.15, 0.2) is 298 Å². The van der Waals surface area contributed by atoms with Crippen molar-refractivity contribution in [3.05, 3.63) is 383 Å². The van der Waals surface area contributed by atoms with E-state index in [4.69, 9.17) is 19.9 Å². The first-order valence-electron chi connectivity index (χ1n) is 46.3. The molecule has 4 saturated carbocycles. The summed E-state index contributed by atoms with van der Waals surface area (Å²) in [5.74, 6) is -0.210. The highest BCUT2D eigenvalue weighted by atomic mass is 19.1. The van der Waals surface area contributed by atoms with Crippen LogP contribution in [0.4, 0.5) is 4.39 Å². The highest BCUT2D eigenvalue weighted by Gasteiger charge is 2.51. The molecule has 8 aliphatic rings. The molecule has 8 aliphatic carbocycles. The van der Waals surface area contributed by atoms with E-state index < -0.39 is 0 Å². The number of aromatic nitrogens is 8. The molecule has 127 heavy (non-hydrogen) atoms. The van der Waals surface area contributed by atoms with Gasteiger partial charge in [0, 0.05) is 139 Å². The monoisotopic (exact) mass is 1660 g/mol. The van der Waals surface area contributed by atoms with Gasteiger partial charge in [-0.25, -0.2) is 22.7 Å². The molecular formula is C118H111FN8+4. The minimum atomic E-state index is -0.210. The minimum absolute atomic E-state index is 0.0906. The van der Waals surface area contributed by atoms with Crippen molar-refractivity contribution >= 4 is 0 Å². The topological polar surface area (TPSA) is 67.1 Å². The first-order valence-corrected chi connectivity index (χ1v) is 46.3. The third-order valence-corrected chi connectivity index (χ3v) is 30.3. The number of rotatable bonds is 8. The Kier molecular flexibility index (Phi) is 20.6. The van der Waals surface area contributed by atoms with Crippen LogP contribution in [0.3, 0.4) is 0 Å². The van der Waals surface area contributed by atoms with Gasteiger partial charge in [-0.1, -0.05) is 202 Å². The molecule has 0 amide bonds. The molecule has 9 heteroatoms. The van der Waals surface area contributed by atoms with E-state index in [-0.39, 0.29) is 27.5 Å². The average molecular weight is 1660 g/mol.